The summed E-state index contributed by atoms with van der Waals surface area (Å²) in [5.74, 6) is -0.420. The highest BCUT2D eigenvalue weighted by Gasteiger charge is 2.35. The fraction of sp³-hybridized carbons (Fsp3) is 0.394. The number of nitrogens with one attached hydrogen (secondary N) is 1. The lowest BCUT2D eigenvalue weighted by molar-refractivity contribution is -0.118. The summed E-state index contributed by atoms with van der Waals surface area (Å²) in [5, 5.41) is 11.1. The number of aromatic nitrogens is 5. The van der Waals surface area contributed by atoms with Crippen molar-refractivity contribution in [1.82, 2.24) is 29.2 Å². The number of alkyl halides is 2. The Morgan fingerprint density at radius 3 is 2.70 bits per heavy atom. The smallest absolute Gasteiger partial charge is 0.257 e. The number of anilines is 1. The fourth-order valence-corrected chi connectivity index (χ4v) is 7.34. The van der Waals surface area contributed by atoms with Crippen LogP contribution >= 0.6 is 11.3 Å². The van der Waals surface area contributed by atoms with Gasteiger partial charge in [-0.15, -0.1) is 11.3 Å². The van der Waals surface area contributed by atoms with Crippen LogP contribution in [0.25, 0.3) is 22.0 Å². The molecule has 1 amide bonds. The molecule has 0 bridgehead atoms. The number of piperidine rings is 1. The van der Waals surface area contributed by atoms with E-state index >= 15 is 4.39 Å². The number of nitrogens with zero attached hydrogens (tertiary/aromatic N) is 6. The van der Waals surface area contributed by atoms with E-state index in [0.717, 1.165) is 58.2 Å². The van der Waals surface area contributed by atoms with Crippen LogP contribution in [0.3, 0.4) is 0 Å². The third-order valence-electron chi connectivity index (χ3n) is 9.22. The maximum Gasteiger partial charge on any atom is 0.257 e. The molecule has 2 aromatic carbocycles. The Morgan fingerprint density at radius 2 is 1.98 bits per heavy atom. The maximum atomic E-state index is 15.0. The van der Waals surface area contributed by atoms with Gasteiger partial charge in [0, 0.05) is 47.7 Å². The standard InChI is InChI=1S/C33H35F2N7OS/c1-4-40-11-9-24(27(35)17-40)21-5-7-22(8-6-21)25-13-19(2)26-16-42(39-29(26)20(25)3)31(32(43)38-33-36-10-12-44-33)30-28-14-23(34)15-41(28)18-37-30/h5-8,10,12-13,16,18,23-24,27,31H,4,9,11,14-15,17H2,1-3H3,(H,36,38,43)/t23-,24-,27+,31?/m1/s1. The van der Waals surface area contributed by atoms with Gasteiger partial charge in [-0.3, -0.25) is 14.8 Å². The first-order valence-electron chi connectivity index (χ1n) is 15.1. The zero-order valence-electron chi connectivity index (χ0n) is 25.0. The number of benzene rings is 2. The lowest BCUT2D eigenvalue weighted by Crippen LogP contribution is -2.40. The number of thiazole rings is 1. The van der Waals surface area contributed by atoms with E-state index in [1.807, 2.05) is 20.0 Å². The third-order valence-corrected chi connectivity index (χ3v) is 9.91. The molecule has 1 N–H and O–H groups in total. The normalized spacial score (nSPS) is 21.1. The van der Waals surface area contributed by atoms with Crippen molar-refractivity contribution in [3.8, 4) is 11.1 Å². The molecule has 228 valence electrons. The molecule has 44 heavy (non-hydrogen) atoms. The summed E-state index contributed by atoms with van der Waals surface area (Å²) in [5.41, 5.74) is 7.09. The molecule has 4 atom stereocenters. The van der Waals surface area contributed by atoms with Crippen LogP contribution in [0.5, 0.6) is 0 Å². The molecule has 1 fully saturated rings. The molecule has 7 rings (SSSR count). The minimum atomic E-state index is -1.01. The average molecular weight is 616 g/mol. The number of hydrogen-bond donors (Lipinski definition) is 1. The minimum absolute atomic E-state index is 0.0857. The van der Waals surface area contributed by atoms with Crippen LogP contribution in [-0.4, -0.2) is 67.1 Å². The van der Waals surface area contributed by atoms with Crippen LogP contribution in [-0.2, 0) is 17.8 Å². The van der Waals surface area contributed by atoms with Crippen LogP contribution in [0.4, 0.5) is 13.9 Å². The van der Waals surface area contributed by atoms with Gasteiger partial charge in [0.15, 0.2) is 11.2 Å². The summed E-state index contributed by atoms with van der Waals surface area (Å²) >= 11 is 1.33. The summed E-state index contributed by atoms with van der Waals surface area (Å²) in [6.07, 6.45) is 4.26. The van der Waals surface area contributed by atoms with Crippen LogP contribution in [0.2, 0.25) is 0 Å². The topological polar surface area (TPSA) is 80.9 Å². The first kappa shape index (κ1) is 28.8. The molecule has 5 aromatic rings. The molecule has 3 aromatic heterocycles. The van der Waals surface area contributed by atoms with Gasteiger partial charge in [0.25, 0.3) is 5.91 Å². The SMILES string of the molecule is CCN1CC[C@H](c2ccc(-c3cc(C)c4cn(C(C(=O)Nc5nccs5)c5ncn6c5C[C@@H](F)C6)nc4c3C)cc2)[C@@H](F)C1. The number of rotatable bonds is 7. The number of amides is 1. The highest BCUT2D eigenvalue weighted by Crippen LogP contribution is 2.36. The monoisotopic (exact) mass is 615 g/mol. The van der Waals surface area contributed by atoms with Gasteiger partial charge >= 0.3 is 0 Å². The van der Waals surface area contributed by atoms with E-state index in [9.17, 15) is 9.18 Å². The molecule has 2 aliphatic rings. The van der Waals surface area contributed by atoms with Gasteiger partial charge in [-0.1, -0.05) is 37.3 Å². The van der Waals surface area contributed by atoms with Gasteiger partial charge in [0.05, 0.1) is 24.1 Å². The second-order valence-corrected chi connectivity index (χ2v) is 12.8. The Balaban J connectivity index is 1.24. The molecular weight excluding hydrogens is 580 g/mol. The lowest BCUT2D eigenvalue weighted by Gasteiger charge is -2.34. The van der Waals surface area contributed by atoms with Gasteiger partial charge in [-0.05, 0) is 61.2 Å². The average Bonchev–Trinajstić information content (AvgIpc) is 3.82. The highest BCUT2D eigenvalue weighted by atomic mass is 32.1. The van der Waals surface area contributed by atoms with Crippen LogP contribution in [0.1, 0.15) is 53.4 Å². The summed E-state index contributed by atoms with van der Waals surface area (Å²) in [6, 6.07) is 9.51. The first-order chi connectivity index (χ1) is 21.3. The van der Waals surface area contributed by atoms with Gasteiger partial charge in [-0.25, -0.2) is 18.7 Å². The largest absolute Gasteiger partial charge is 0.331 e. The number of halogens is 2. The van der Waals surface area contributed by atoms with Crippen LogP contribution in [0.15, 0.2) is 54.4 Å². The van der Waals surface area contributed by atoms with E-state index in [-0.39, 0.29) is 24.8 Å². The number of likely N-dealkylation sites (tertiary alicyclic amines) is 1. The molecular formula is C33H35F2N7OS. The van der Waals surface area contributed by atoms with Crippen molar-refractivity contribution in [2.75, 3.05) is 25.0 Å². The van der Waals surface area contributed by atoms with Crippen molar-refractivity contribution in [2.45, 2.75) is 64.5 Å². The molecule has 8 nitrogen and oxygen atoms in total. The molecule has 5 heterocycles. The minimum Gasteiger partial charge on any atom is -0.331 e. The fourth-order valence-electron chi connectivity index (χ4n) is 6.81. The van der Waals surface area contributed by atoms with E-state index in [0.29, 0.717) is 23.1 Å². The Kier molecular flexibility index (Phi) is 7.54. The molecule has 2 aliphatic heterocycles. The number of carbonyl (C=O) groups excluding carboxylic acids is 1. The summed E-state index contributed by atoms with van der Waals surface area (Å²) in [7, 11) is 0. The van der Waals surface area contributed by atoms with Crippen molar-refractivity contribution in [3.63, 3.8) is 0 Å². The predicted molar refractivity (Wildman–Crippen MR) is 169 cm³/mol. The van der Waals surface area contributed by atoms with Crippen molar-refractivity contribution in [2.24, 2.45) is 0 Å². The summed E-state index contributed by atoms with van der Waals surface area (Å²) in [4.78, 5) is 24.7. The lowest BCUT2D eigenvalue weighted by atomic mass is 9.86. The van der Waals surface area contributed by atoms with Crippen molar-refractivity contribution < 1.29 is 13.6 Å². The van der Waals surface area contributed by atoms with Gasteiger partial charge in [0.2, 0.25) is 0 Å². The number of imidazole rings is 1. The van der Waals surface area contributed by atoms with E-state index in [1.165, 1.54) is 11.3 Å². The van der Waals surface area contributed by atoms with E-state index in [2.05, 4.69) is 57.4 Å². The molecule has 0 spiro atoms. The molecule has 11 heteroatoms. The zero-order chi connectivity index (χ0) is 30.5. The Bertz CT molecular complexity index is 1810. The highest BCUT2D eigenvalue weighted by molar-refractivity contribution is 7.13. The Labute approximate surface area is 258 Å². The number of aryl methyl sites for hydroxylation is 2. The molecule has 1 saturated heterocycles. The number of carbonyl (C=O) groups is 1. The molecule has 1 unspecified atom stereocenters. The Hall–Kier alpha value is -3.96. The van der Waals surface area contributed by atoms with Gasteiger partial charge < -0.3 is 9.47 Å². The molecule has 0 radical (unpaired) electrons. The molecule has 0 aliphatic carbocycles. The van der Waals surface area contributed by atoms with Crippen molar-refractivity contribution >= 4 is 33.3 Å². The number of hydrogen-bond acceptors (Lipinski definition) is 6. The van der Waals surface area contributed by atoms with E-state index in [4.69, 9.17) is 5.10 Å². The second kappa shape index (κ2) is 11.5. The first-order valence-corrected chi connectivity index (χ1v) is 16.0. The van der Waals surface area contributed by atoms with Crippen LogP contribution < -0.4 is 5.32 Å². The van der Waals surface area contributed by atoms with Gasteiger partial charge in [-0.2, -0.15) is 5.10 Å². The predicted octanol–water partition coefficient (Wildman–Crippen LogP) is 6.24. The van der Waals surface area contributed by atoms with E-state index in [1.54, 1.807) is 27.2 Å². The van der Waals surface area contributed by atoms with Crippen LogP contribution in [0, 0.1) is 13.8 Å². The quantitative estimate of drug-likeness (QED) is 0.234. The molecule has 0 saturated carbocycles. The third kappa shape index (κ3) is 5.11. The second-order valence-electron chi connectivity index (χ2n) is 11.9. The Morgan fingerprint density at radius 1 is 1.16 bits per heavy atom. The van der Waals surface area contributed by atoms with E-state index < -0.39 is 18.4 Å². The van der Waals surface area contributed by atoms with Crippen molar-refractivity contribution in [3.05, 3.63) is 82.5 Å². The summed E-state index contributed by atoms with van der Waals surface area (Å²) < 4.78 is 32.8. The number of fused-ring (bicyclic) bond motifs is 2. The van der Waals surface area contributed by atoms with Crippen molar-refractivity contribution in [1.29, 1.82) is 0 Å². The maximum absolute atomic E-state index is 15.0. The van der Waals surface area contributed by atoms with Gasteiger partial charge in [0.1, 0.15) is 12.3 Å². The zero-order valence-corrected chi connectivity index (χ0v) is 25.8. The summed E-state index contributed by atoms with van der Waals surface area (Å²) in [6.45, 7) is 8.66.